The Labute approximate surface area is 215 Å². The van der Waals surface area contributed by atoms with Crippen LogP contribution in [0.1, 0.15) is 41.4 Å². The number of hydrazine groups is 1. The fourth-order valence-corrected chi connectivity index (χ4v) is 5.47. The zero-order valence-corrected chi connectivity index (χ0v) is 19.8. The molecule has 5 aromatic rings. The van der Waals surface area contributed by atoms with Gasteiger partial charge < -0.3 is 0 Å². The molecule has 0 saturated carbocycles. The summed E-state index contributed by atoms with van der Waals surface area (Å²) in [5, 5.41) is 4.40. The molecule has 7 heteroatoms. The standard InChI is InChI=1S/C30H15ClN2O4/c31-18-12-10-16(11-13-18)19-14-15-24-26-20(19)6-3-9-23(26)29(36)33(30(24)37)32-27(34)21-7-1-4-17-5-2-8-22(25(17)21)28(32)35/h1-15H. The number of carbonyl (C=O) groups is 4. The molecule has 0 bridgehead atoms. The normalized spacial score (nSPS) is 14.7. The molecule has 0 atom stereocenters. The summed E-state index contributed by atoms with van der Waals surface area (Å²) >= 11 is 6.05. The summed E-state index contributed by atoms with van der Waals surface area (Å²) in [6, 6.07) is 26.1. The highest BCUT2D eigenvalue weighted by Gasteiger charge is 2.45. The lowest BCUT2D eigenvalue weighted by molar-refractivity contribution is 0.00212. The van der Waals surface area contributed by atoms with Crippen molar-refractivity contribution < 1.29 is 19.2 Å². The largest absolute Gasteiger partial charge is 0.281 e. The van der Waals surface area contributed by atoms with Gasteiger partial charge in [-0.2, -0.15) is 10.0 Å². The van der Waals surface area contributed by atoms with Crippen LogP contribution in [0, 0.1) is 0 Å². The maximum Gasteiger partial charge on any atom is 0.281 e. The molecule has 0 N–H and O–H groups in total. The number of imide groups is 2. The molecule has 0 spiro atoms. The van der Waals surface area contributed by atoms with E-state index in [-0.39, 0.29) is 22.3 Å². The zero-order valence-electron chi connectivity index (χ0n) is 19.1. The number of carbonyl (C=O) groups excluding carboxylic acids is 4. The van der Waals surface area contributed by atoms with Gasteiger partial charge in [-0.15, -0.1) is 0 Å². The van der Waals surface area contributed by atoms with Gasteiger partial charge in [-0.05, 0) is 58.3 Å². The molecule has 6 nitrogen and oxygen atoms in total. The van der Waals surface area contributed by atoms with Crippen LogP contribution in [0.2, 0.25) is 5.02 Å². The van der Waals surface area contributed by atoms with Gasteiger partial charge in [0.1, 0.15) is 0 Å². The first-order chi connectivity index (χ1) is 18.0. The van der Waals surface area contributed by atoms with Gasteiger partial charge in [0.05, 0.1) is 22.3 Å². The summed E-state index contributed by atoms with van der Waals surface area (Å²) < 4.78 is 0. The van der Waals surface area contributed by atoms with Crippen LogP contribution >= 0.6 is 11.6 Å². The van der Waals surface area contributed by atoms with E-state index in [1.165, 1.54) is 0 Å². The minimum Gasteiger partial charge on any atom is -0.267 e. The maximum atomic E-state index is 13.8. The smallest absolute Gasteiger partial charge is 0.267 e. The monoisotopic (exact) mass is 502 g/mol. The van der Waals surface area contributed by atoms with E-state index in [2.05, 4.69) is 0 Å². The average molecular weight is 503 g/mol. The molecular formula is C30H15ClN2O4. The molecule has 176 valence electrons. The lowest BCUT2D eigenvalue weighted by Crippen LogP contribution is -2.58. The Kier molecular flexibility index (Phi) is 4.41. The van der Waals surface area contributed by atoms with Crippen molar-refractivity contribution in [3.05, 3.63) is 118 Å². The topological polar surface area (TPSA) is 74.8 Å². The summed E-state index contributed by atoms with van der Waals surface area (Å²) in [6.45, 7) is 0. The number of halogens is 1. The third kappa shape index (κ3) is 2.87. The quantitative estimate of drug-likeness (QED) is 0.272. The molecule has 0 aliphatic carbocycles. The van der Waals surface area contributed by atoms with Gasteiger partial charge in [-0.3, -0.25) is 19.2 Å². The third-order valence-corrected chi connectivity index (χ3v) is 7.24. The van der Waals surface area contributed by atoms with Crippen LogP contribution < -0.4 is 0 Å². The van der Waals surface area contributed by atoms with Crippen molar-refractivity contribution in [1.82, 2.24) is 10.0 Å². The van der Waals surface area contributed by atoms with Crippen LogP contribution in [-0.4, -0.2) is 33.6 Å². The fourth-order valence-electron chi connectivity index (χ4n) is 5.35. The molecule has 0 radical (unpaired) electrons. The van der Waals surface area contributed by atoms with E-state index in [0.717, 1.165) is 16.5 Å². The highest BCUT2D eigenvalue weighted by molar-refractivity contribution is 6.32. The molecule has 37 heavy (non-hydrogen) atoms. The van der Waals surface area contributed by atoms with Gasteiger partial charge >= 0.3 is 0 Å². The maximum absolute atomic E-state index is 13.8. The lowest BCUT2D eigenvalue weighted by Gasteiger charge is -2.37. The van der Waals surface area contributed by atoms with Gasteiger partial charge in [-0.1, -0.05) is 66.2 Å². The molecule has 2 aliphatic heterocycles. The second-order valence-electron chi connectivity index (χ2n) is 8.95. The molecule has 0 unspecified atom stereocenters. The van der Waals surface area contributed by atoms with E-state index >= 15 is 0 Å². The molecule has 0 aromatic heterocycles. The zero-order chi connectivity index (χ0) is 25.4. The minimum atomic E-state index is -0.732. The van der Waals surface area contributed by atoms with Gasteiger partial charge in [-0.25, -0.2) is 0 Å². The van der Waals surface area contributed by atoms with Crippen molar-refractivity contribution in [1.29, 1.82) is 0 Å². The predicted molar refractivity (Wildman–Crippen MR) is 139 cm³/mol. The summed E-state index contributed by atoms with van der Waals surface area (Å²) in [4.78, 5) is 54.7. The van der Waals surface area contributed by atoms with E-state index in [4.69, 9.17) is 11.6 Å². The highest BCUT2D eigenvalue weighted by Crippen LogP contribution is 2.39. The van der Waals surface area contributed by atoms with E-state index in [1.54, 1.807) is 60.7 Å². The first kappa shape index (κ1) is 21.5. The van der Waals surface area contributed by atoms with Crippen molar-refractivity contribution in [3.8, 4) is 11.1 Å². The molecule has 2 heterocycles. The fraction of sp³-hybridized carbons (Fsp3) is 0. The van der Waals surface area contributed by atoms with E-state index in [1.807, 2.05) is 30.3 Å². The van der Waals surface area contributed by atoms with Gasteiger partial charge in [0.2, 0.25) is 0 Å². The van der Waals surface area contributed by atoms with Crippen molar-refractivity contribution in [3.63, 3.8) is 0 Å². The Morgan fingerprint density at radius 3 is 1.49 bits per heavy atom. The Bertz CT molecular complexity index is 1800. The lowest BCUT2D eigenvalue weighted by atomic mass is 9.89. The second kappa shape index (κ2) is 7.59. The van der Waals surface area contributed by atoms with Crippen molar-refractivity contribution in [2.45, 2.75) is 0 Å². The Hall–Kier alpha value is -4.81. The number of nitrogens with zero attached hydrogens (tertiary/aromatic N) is 2. The SMILES string of the molecule is O=C1c2cccc3cccc(c23)C(=O)N1N1C(=O)c2cccc3c(-c4ccc(Cl)cc4)ccc(c23)C1=O. The highest BCUT2D eigenvalue weighted by atomic mass is 35.5. The first-order valence-electron chi connectivity index (χ1n) is 11.6. The van der Waals surface area contributed by atoms with Crippen LogP contribution in [0.15, 0.2) is 91.0 Å². The average Bonchev–Trinajstić information content (AvgIpc) is 2.92. The summed E-state index contributed by atoms with van der Waals surface area (Å²) in [6.07, 6.45) is 0. The molecule has 0 saturated heterocycles. The summed E-state index contributed by atoms with van der Waals surface area (Å²) in [5.41, 5.74) is 2.70. The Balaban J connectivity index is 1.40. The second-order valence-corrected chi connectivity index (χ2v) is 9.39. The van der Waals surface area contributed by atoms with Crippen LogP contribution in [0.5, 0.6) is 0 Å². The Morgan fingerprint density at radius 1 is 0.459 bits per heavy atom. The molecule has 5 aromatic carbocycles. The van der Waals surface area contributed by atoms with Gasteiger partial charge in [0.15, 0.2) is 0 Å². The number of amides is 4. The number of benzene rings is 5. The van der Waals surface area contributed by atoms with Crippen LogP contribution in [-0.2, 0) is 0 Å². The van der Waals surface area contributed by atoms with E-state index in [9.17, 15) is 19.2 Å². The molecule has 7 rings (SSSR count). The minimum absolute atomic E-state index is 0.237. The van der Waals surface area contributed by atoms with Crippen LogP contribution in [0.3, 0.4) is 0 Å². The summed E-state index contributed by atoms with van der Waals surface area (Å²) in [7, 11) is 0. The van der Waals surface area contributed by atoms with Gasteiger partial charge in [0.25, 0.3) is 23.6 Å². The van der Waals surface area contributed by atoms with Crippen LogP contribution in [0.25, 0.3) is 32.7 Å². The van der Waals surface area contributed by atoms with Crippen molar-refractivity contribution in [2.24, 2.45) is 0 Å². The van der Waals surface area contributed by atoms with E-state index < -0.39 is 23.6 Å². The van der Waals surface area contributed by atoms with Crippen molar-refractivity contribution in [2.75, 3.05) is 0 Å². The molecular weight excluding hydrogens is 488 g/mol. The molecule has 0 fully saturated rings. The number of rotatable bonds is 2. The third-order valence-electron chi connectivity index (χ3n) is 6.99. The molecule has 4 amide bonds. The number of hydrogen-bond acceptors (Lipinski definition) is 4. The Morgan fingerprint density at radius 2 is 0.919 bits per heavy atom. The van der Waals surface area contributed by atoms with E-state index in [0.29, 0.717) is 31.2 Å². The number of hydrogen-bond donors (Lipinski definition) is 0. The van der Waals surface area contributed by atoms with Gasteiger partial charge in [0, 0.05) is 15.8 Å². The van der Waals surface area contributed by atoms with Crippen LogP contribution in [0.4, 0.5) is 0 Å². The molecule has 2 aliphatic rings. The predicted octanol–water partition coefficient (Wildman–Crippen LogP) is 6.12. The first-order valence-corrected chi connectivity index (χ1v) is 11.9. The summed E-state index contributed by atoms with van der Waals surface area (Å²) in [5.74, 6) is -2.90. The van der Waals surface area contributed by atoms with Crippen molar-refractivity contribution >= 4 is 56.8 Å².